The van der Waals surface area contributed by atoms with Crippen LogP contribution in [-0.2, 0) is 9.53 Å². The molecule has 0 aliphatic carbocycles. The van der Waals surface area contributed by atoms with Gasteiger partial charge in [-0.2, -0.15) is 0 Å². The third-order valence-corrected chi connectivity index (χ3v) is 3.02. The molecule has 1 heterocycles. The van der Waals surface area contributed by atoms with E-state index < -0.39 is 0 Å². The number of rotatable bonds is 4. The summed E-state index contributed by atoms with van der Waals surface area (Å²) in [5.74, 6) is 0.295. The van der Waals surface area contributed by atoms with Gasteiger partial charge >= 0.3 is 0 Å². The fourth-order valence-corrected chi connectivity index (χ4v) is 2.01. The fourth-order valence-electron chi connectivity index (χ4n) is 2.01. The molecule has 17 heavy (non-hydrogen) atoms. The number of hydrogen-bond acceptors (Lipinski definition) is 3. The number of piperazine rings is 1. The summed E-state index contributed by atoms with van der Waals surface area (Å²) in [5.41, 5.74) is 0.0876. The van der Waals surface area contributed by atoms with Crippen LogP contribution in [-0.4, -0.2) is 62.1 Å². The highest BCUT2D eigenvalue weighted by atomic mass is 16.5. The molecular formula is C13H26N2O2. The summed E-state index contributed by atoms with van der Waals surface area (Å²) in [7, 11) is 1.73. The minimum absolute atomic E-state index is 0.0876. The molecular weight excluding hydrogens is 216 g/mol. The highest BCUT2D eigenvalue weighted by molar-refractivity contribution is 5.76. The molecule has 100 valence electrons. The summed E-state index contributed by atoms with van der Waals surface area (Å²) in [6.45, 7) is 11.7. The first-order valence-electron chi connectivity index (χ1n) is 6.41. The van der Waals surface area contributed by atoms with E-state index >= 15 is 0 Å². The molecule has 4 nitrogen and oxygen atoms in total. The summed E-state index contributed by atoms with van der Waals surface area (Å²) in [6.07, 6.45) is 0.644. The number of nitrogens with zero attached hydrogens (tertiary/aromatic N) is 2. The van der Waals surface area contributed by atoms with E-state index in [2.05, 4.69) is 25.7 Å². The lowest BCUT2D eigenvalue weighted by Gasteiger charge is -2.35. The molecule has 0 spiro atoms. The first kappa shape index (κ1) is 14.5. The summed E-state index contributed by atoms with van der Waals surface area (Å²) in [6, 6.07) is 0. The average molecular weight is 242 g/mol. The van der Waals surface area contributed by atoms with Crippen molar-refractivity contribution in [3.63, 3.8) is 0 Å². The van der Waals surface area contributed by atoms with Gasteiger partial charge in [0.05, 0.1) is 6.61 Å². The van der Waals surface area contributed by atoms with Crippen molar-refractivity contribution in [2.75, 3.05) is 46.4 Å². The van der Waals surface area contributed by atoms with Crippen LogP contribution in [0, 0.1) is 5.41 Å². The Hall–Kier alpha value is -0.610. The molecule has 0 radical (unpaired) electrons. The Kier molecular flexibility index (Phi) is 5.40. The van der Waals surface area contributed by atoms with E-state index in [-0.39, 0.29) is 5.41 Å². The summed E-state index contributed by atoms with van der Waals surface area (Å²) in [5, 5.41) is 0. The maximum atomic E-state index is 12.0. The van der Waals surface area contributed by atoms with Gasteiger partial charge in [0.1, 0.15) is 0 Å². The van der Waals surface area contributed by atoms with E-state index in [1.54, 1.807) is 7.11 Å². The Morgan fingerprint density at radius 2 is 1.76 bits per heavy atom. The third kappa shape index (κ3) is 5.50. The maximum Gasteiger partial charge on any atom is 0.223 e. The Morgan fingerprint density at radius 1 is 1.18 bits per heavy atom. The van der Waals surface area contributed by atoms with Crippen LogP contribution in [0.4, 0.5) is 0 Å². The topological polar surface area (TPSA) is 32.8 Å². The smallest absolute Gasteiger partial charge is 0.223 e. The Balaban J connectivity index is 2.29. The SMILES string of the molecule is COCCN1CCN(C(=O)CC(C)(C)C)CC1. The van der Waals surface area contributed by atoms with E-state index in [0.29, 0.717) is 12.3 Å². The van der Waals surface area contributed by atoms with Crippen LogP contribution in [0.25, 0.3) is 0 Å². The molecule has 0 unspecified atom stereocenters. The molecule has 1 aliphatic rings. The predicted molar refractivity (Wildman–Crippen MR) is 69.0 cm³/mol. The van der Waals surface area contributed by atoms with Gasteiger partial charge in [-0.15, -0.1) is 0 Å². The van der Waals surface area contributed by atoms with Gasteiger partial charge in [0, 0.05) is 46.3 Å². The van der Waals surface area contributed by atoms with Gasteiger partial charge in [0.25, 0.3) is 0 Å². The molecule has 0 aromatic rings. The van der Waals surface area contributed by atoms with Crippen molar-refractivity contribution in [2.24, 2.45) is 5.41 Å². The van der Waals surface area contributed by atoms with Gasteiger partial charge < -0.3 is 9.64 Å². The zero-order chi connectivity index (χ0) is 12.9. The van der Waals surface area contributed by atoms with E-state index in [1.165, 1.54) is 0 Å². The van der Waals surface area contributed by atoms with Gasteiger partial charge in [0.15, 0.2) is 0 Å². The van der Waals surface area contributed by atoms with Gasteiger partial charge in [0.2, 0.25) is 5.91 Å². The minimum Gasteiger partial charge on any atom is -0.383 e. The Morgan fingerprint density at radius 3 is 2.24 bits per heavy atom. The molecule has 1 rings (SSSR count). The molecule has 0 bridgehead atoms. The second-order valence-corrected chi connectivity index (χ2v) is 5.95. The molecule has 4 heteroatoms. The second-order valence-electron chi connectivity index (χ2n) is 5.95. The molecule has 0 aromatic carbocycles. The number of carbonyl (C=O) groups is 1. The van der Waals surface area contributed by atoms with E-state index in [0.717, 1.165) is 39.3 Å². The van der Waals surface area contributed by atoms with Crippen molar-refractivity contribution >= 4 is 5.91 Å². The maximum absolute atomic E-state index is 12.0. The van der Waals surface area contributed by atoms with Crippen molar-refractivity contribution in [1.29, 1.82) is 0 Å². The molecule has 0 N–H and O–H groups in total. The molecule has 0 aromatic heterocycles. The Bertz CT molecular complexity index is 240. The normalized spacial score (nSPS) is 18.5. The third-order valence-electron chi connectivity index (χ3n) is 3.02. The van der Waals surface area contributed by atoms with Crippen molar-refractivity contribution in [3.05, 3.63) is 0 Å². The number of ether oxygens (including phenoxy) is 1. The lowest BCUT2D eigenvalue weighted by atomic mass is 9.91. The number of amides is 1. The van der Waals surface area contributed by atoms with Crippen LogP contribution in [0.3, 0.4) is 0 Å². The van der Waals surface area contributed by atoms with Crippen LogP contribution in [0.5, 0.6) is 0 Å². The average Bonchev–Trinajstić information content (AvgIpc) is 2.24. The fraction of sp³-hybridized carbons (Fsp3) is 0.923. The van der Waals surface area contributed by atoms with Crippen LogP contribution < -0.4 is 0 Å². The van der Waals surface area contributed by atoms with E-state index in [9.17, 15) is 4.79 Å². The van der Waals surface area contributed by atoms with Crippen molar-refractivity contribution in [2.45, 2.75) is 27.2 Å². The van der Waals surface area contributed by atoms with Crippen molar-refractivity contribution < 1.29 is 9.53 Å². The first-order valence-corrected chi connectivity index (χ1v) is 6.41. The Labute approximate surface area is 105 Å². The highest BCUT2D eigenvalue weighted by Crippen LogP contribution is 2.20. The molecule has 1 fully saturated rings. The van der Waals surface area contributed by atoms with Crippen LogP contribution in [0.15, 0.2) is 0 Å². The molecule has 1 aliphatic heterocycles. The minimum atomic E-state index is 0.0876. The van der Waals surface area contributed by atoms with Gasteiger partial charge in [-0.25, -0.2) is 0 Å². The van der Waals surface area contributed by atoms with E-state index in [1.807, 2.05) is 4.90 Å². The van der Waals surface area contributed by atoms with E-state index in [4.69, 9.17) is 4.74 Å². The highest BCUT2D eigenvalue weighted by Gasteiger charge is 2.24. The van der Waals surface area contributed by atoms with Crippen LogP contribution >= 0.6 is 0 Å². The van der Waals surface area contributed by atoms with Gasteiger partial charge in [-0.05, 0) is 5.41 Å². The lowest BCUT2D eigenvalue weighted by Crippen LogP contribution is -2.49. The number of carbonyl (C=O) groups excluding carboxylic acids is 1. The zero-order valence-corrected chi connectivity index (χ0v) is 11.7. The predicted octanol–water partition coefficient (Wildman–Crippen LogP) is 1.21. The van der Waals surface area contributed by atoms with Gasteiger partial charge in [-0.1, -0.05) is 20.8 Å². The summed E-state index contributed by atoms with van der Waals surface area (Å²) >= 11 is 0. The zero-order valence-electron chi connectivity index (χ0n) is 11.7. The van der Waals surface area contributed by atoms with Crippen molar-refractivity contribution in [1.82, 2.24) is 9.80 Å². The largest absolute Gasteiger partial charge is 0.383 e. The van der Waals surface area contributed by atoms with Crippen molar-refractivity contribution in [3.8, 4) is 0 Å². The summed E-state index contributed by atoms with van der Waals surface area (Å²) < 4.78 is 5.06. The first-order chi connectivity index (χ1) is 7.92. The molecule has 1 saturated heterocycles. The molecule has 0 atom stereocenters. The standard InChI is InChI=1S/C13H26N2O2/c1-13(2,3)11-12(16)15-7-5-14(6-8-15)9-10-17-4/h5-11H2,1-4H3. The monoisotopic (exact) mass is 242 g/mol. The molecule has 1 amide bonds. The number of methoxy groups -OCH3 is 1. The second kappa shape index (κ2) is 6.36. The molecule has 0 saturated carbocycles. The van der Waals surface area contributed by atoms with Crippen LogP contribution in [0.1, 0.15) is 27.2 Å². The number of hydrogen-bond donors (Lipinski definition) is 0. The van der Waals surface area contributed by atoms with Crippen LogP contribution in [0.2, 0.25) is 0 Å². The van der Waals surface area contributed by atoms with Gasteiger partial charge in [-0.3, -0.25) is 9.69 Å². The lowest BCUT2D eigenvalue weighted by molar-refractivity contribution is -0.134. The summed E-state index contributed by atoms with van der Waals surface area (Å²) in [4.78, 5) is 16.4. The quantitative estimate of drug-likeness (QED) is 0.743.